The van der Waals surface area contributed by atoms with E-state index in [9.17, 15) is 4.79 Å². The van der Waals surface area contributed by atoms with Crippen molar-refractivity contribution in [1.29, 1.82) is 0 Å². The van der Waals surface area contributed by atoms with Gasteiger partial charge in [-0.15, -0.1) is 0 Å². The Morgan fingerprint density at radius 1 is 1.50 bits per heavy atom. The van der Waals surface area contributed by atoms with Crippen molar-refractivity contribution < 1.29 is 9.53 Å². The van der Waals surface area contributed by atoms with E-state index < -0.39 is 0 Å². The standard InChI is InChI=1S/C12H14ClNO2/c1-9-14(7-4-8-16-9)12(15)10-5-2-3-6-11(10)13/h2-3,5-6,9H,4,7-8H2,1H3. The topological polar surface area (TPSA) is 29.5 Å². The summed E-state index contributed by atoms with van der Waals surface area (Å²) in [6, 6.07) is 7.10. The number of rotatable bonds is 1. The highest BCUT2D eigenvalue weighted by Gasteiger charge is 2.25. The van der Waals surface area contributed by atoms with E-state index in [4.69, 9.17) is 16.3 Å². The SMILES string of the molecule is CC1OCCCN1C(=O)c1ccccc1Cl. The van der Waals surface area contributed by atoms with Crippen molar-refractivity contribution in [3.63, 3.8) is 0 Å². The molecule has 0 bridgehead atoms. The van der Waals surface area contributed by atoms with Gasteiger partial charge in [0, 0.05) is 6.54 Å². The summed E-state index contributed by atoms with van der Waals surface area (Å²) >= 11 is 6.00. The van der Waals surface area contributed by atoms with Crippen LogP contribution in [-0.4, -0.2) is 30.2 Å². The lowest BCUT2D eigenvalue weighted by Crippen LogP contribution is -2.44. The molecule has 1 aliphatic rings. The lowest BCUT2D eigenvalue weighted by molar-refractivity contribution is -0.0661. The molecule has 1 saturated heterocycles. The van der Waals surface area contributed by atoms with Crippen LogP contribution in [-0.2, 0) is 4.74 Å². The maximum Gasteiger partial charge on any atom is 0.257 e. The van der Waals surface area contributed by atoms with Crippen LogP contribution in [0.15, 0.2) is 24.3 Å². The Balaban J connectivity index is 2.21. The molecule has 1 unspecified atom stereocenters. The molecule has 0 spiro atoms. The average molecular weight is 240 g/mol. The Bertz CT molecular complexity index is 394. The third-order valence-corrected chi connectivity index (χ3v) is 3.04. The summed E-state index contributed by atoms with van der Waals surface area (Å²) in [4.78, 5) is 13.9. The van der Waals surface area contributed by atoms with Gasteiger partial charge in [0.2, 0.25) is 0 Å². The minimum absolute atomic E-state index is 0.0576. The molecule has 3 nitrogen and oxygen atoms in total. The maximum atomic E-state index is 12.2. The van der Waals surface area contributed by atoms with Gasteiger partial charge in [0.1, 0.15) is 6.23 Å². The molecule has 1 fully saturated rings. The summed E-state index contributed by atoms with van der Waals surface area (Å²) < 4.78 is 5.43. The molecule has 0 aromatic heterocycles. The largest absolute Gasteiger partial charge is 0.359 e. The van der Waals surface area contributed by atoms with Crippen molar-refractivity contribution in [3.05, 3.63) is 34.9 Å². The number of nitrogens with zero attached hydrogens (tertiary/aromatic N) is 1. The first-order valence-corrected chi connectivity index (χ1v) is 5.75. The van der Waals surface area contributed by atoms with Gasteiger partial charge in [-0.05, 0) is 25.5 Å². The molecule has 4 heteroatoms. The van der Waals surface area contributed by atoms with E-state index in [1.165, 1.54) is 0 Å². The molecule has 2 rings (SSSR count). The second-order valence-corrected chi connectivity index (χ2v) is 4.21. The number of hydrogen-bond donors (Lipinski definition) is 0. The van der Waals surface area contributed by atoms with Crippen LogP contribution in [0.2, 0.25) is 5.02 Å². The van der Waals surface area contributed by atoms with Crippen LogP contribution in [0.5, 0.6) is 0 Å². The Kier molecular flexibility index (Phi) is 3.46. The number of carbonyl (C=O) groups is 1. The second kappa shape index (κ2) is 4.85. The zero-order valence-corrected chi connectivity index (χ0v) is 9.91. The van der Waals surface area contributed by atoms with E-state index in [0.29, 0.717) is 17.2 Å². The highest BCUT2D eigenvalue weighted by Crippen LogP contribution is 2.20. The predicted octanol–water partition coefficient (Wildman–Crippen LogP) is 2.55. The van der Waals surface area contributed by atoms with Crippen molar-refractivity contribution in [2.24, 2.45) is 0 Å². The highest BCUT2D eigenvalue weighted by atomic mass is 35.5. The first-order chi connectivity index (χ1) is 7.70. The second-order valence-electron chi connectivity index (χ2n) is 3.80. The minimum atomic E-state index is -0.169. The van der Waals surface area contributed by atoms with Crippen molar-refractivity contribution in [3.8, 4) is 0 Å². The summed E-state index contributed by atoms with van der Waals surface area (Å²) in [5, 5.41) is 0.491. The lowest BCUT2D eigenvalue weighted by Gasteiger charge is -2.33. The molecule has 0 saturated carbocycles. The monoisotopic (exact) mass is 239 g/mol. The molecular weight excluding hydrogens is 226 g/mol. The highest BCUT2D eigenvalue weighted by molar-refractivity contribution is 6.33. The third-order valence-electron chi connectivity index (χ3n) is 2.71. The zero-order valence-electron chi connectivity index (χ0n) is 9.15. The van der Waals surface area contributed by atoms with Gasteiger partial charge < -0.3 is 9.64 Å². The van der Waals surface area contributed by atoms with Gasteiger partial charge in [-0.1, -0.05) is 23.7 Å². The van der Waals surface area contributed by atoms with E-state index in [-0.39, 0.29) is 12.1 Å². The Morgan fingerprint density at radius 3 is 2.94 bits per heavy atom. The molecule has 1 heterocycles. The van der Waals surface area contributed by atoms with E-state index in [1.54, 1.807) is 17.0 Å². The van der Waals surface area contributed by atoms with E-state index in [2.05, 4.69) is 0 Å². The third kappa shape index (κ3) is 2.20. The van der Waals surface area contributed by atoms with Crippen molar-refractivity contribution in [1.82, 2.24) is 4.90 Å². The van der Waals surface area contributed by atoms with Crippen molar-refractivity contribution >= 4 is 17.5 Å². The van der Waals surface area contributed by atoms with Crippen LogP contribution >= 0.6 is 11.6 Å². The first kappa shape index (κ1) is 11.4. The van der Waals surface area contributed by atoms with Crippen molar-refractivity contribution in [2.45, 2.75) is 19.6 Å². The maximum absolute atomic E-state index is 12.2. The van der Waals surface area contributed by atoms with E-state index in [0.717, 1.165) is 13.0 Å². The van der Waals surface area contributed by atoms with E-state index >= 15 is 0 Å². The smallest absolute Gasteiger partial charge is 0.257 e. The fraction of sp³-hybridized carbons (Fsp3) is 0.417. The normalized spacial score (nSPS) is 20.9. The predicted molar refractivity (Wildman–Crippen MR) is 62.5 cm³/mol. The van der Waals surface area contributed by atoms with Gasteiger partial charge in [-0.25, -0.2) is 0 Å². The van der Waals surface area contributed by atoms with Crippen LogP contribution in [0.4, 0.5) is 0 Å². The number of hydrogen-bond acceptors (Lipinski definition) is 2. The molecule has 1 amide bonds. The molecule has 16 heavy (non-hydrogen) atoms. The summed E-state index contributed by atoms with van der Waals surface area (Å²) in [5.41, 5.74) is 0.543. The molecular formula is C12H14ClNO2. The van der Waals surface area contributed by atoms with Crippen LogP contribution in [0.1, 0.15) is 23.7 Å². The molecule has 0 N–H and O–H groups in total. The van der Waals surface area contributed by atoms with Gasteiger partial charge in [0.05, 0.1) is 17.2 Å². The van der Waals surface area contributed by atoms with Gasteiger partial charge in [0.15, 0.2) is 0 Å². The molecule has 1 atom stereocenters. The van der Waals surface area contributed by atoms with Crippen LogP contribution in [0.25, 0.3) is 0 Å². The zero-order chi connectivity index (χ0) is 11.5. The van der Waals surface area contributed by atoms with Gasteiger partial charge in [0.25, 0.3) is 5.91 Å². The van der Waals surface area contributed by atoms with Crippen LogP contribution < -0.4 is 0 Å². The summed E-state index contributed by atoms with van der Waals surface area (Å²) in [6.45, 7) is 3.33. The summed E-state index contributed by atoms with van der Waals surface area (Å²) in [6.07, 6.45) is 0.707. The number of ether oxygens (including phenoxy) is 1. The number of carbonyl (C=O) groups excluding carboxylic acids is 1. The molecule has 86 valence electrons. The minimum Gasteiger partial charge on any atom is -0.359 e. The quantitative estimate of drug-likeness (QED) is 0.754. The fourth-order valence-electron chi connectivity index (χ4n) is 1.82. The molecule has 0 radical (unpaired) electrons. The Labute approximate surface area is 100.0 Å². The number of amides is 1. The van der Waals surface area contributed by atoms with Crippen LogP contribution in [0.3, 0.4) is 0 Å². The molecule has 1 aromatic rings. The van der Waals surface area contributed by atoms with Crippen LogP contribution in [0, 0.1) is 0 Å². The number of halogens is 1. The molecule has 0 aliphatic carbocycles. The summed E-state index contributed by atoms with van der Waals surface area (Å²) in [5.74, 6) is -0.0576. The van der Waals surface area contributed by atoms with Crippen molar-refractivity contribution in [2.75, 3.05) is 13.2 Å². The van der Waals surface area contributed by atoms with Gasteiger partial charge >= 0.3 is 0 Å². The number of benzene rings is 1. The Morgan fingerprint density at radius 2 is 2.25 bits per heavy atom. The molecule has 1 aliphatic heterocycles. The lowest BCUT2D eigenvalue weighted by atomic mass is 10.2. The van der Waals surface area contributed by atoms with Gasteiger partial charge in [-0.3, -0.25) is 4.79 Å². The van der Waals surface area contributed by atoms with E-state index in [1.807, 2.05) is 19.1 Å². The Hall–Kier alpha value is -1.06. The molecule has 1 aromatic carbocycles. The fourth-order valence-corrected chi connectivity index (χ4v) is 2.03. The van der Waals surface area contributed by atoms with Gasteiger partial charge in [-0.2, -0.15) is 0 Å². The first-order valence-electron chi connectivity index (χ1n) is 5.37. The summed E-state index contributed by atoms with van der Waals surface area (Å²) in [7, 11) is 0. The average Bonchev–Trinajstić information content (AvgIpc) is 2.29.